The quantitative estimate of drug-likeness (QED) is 0.320. The third kappa shape index (κ3) is 5.66. The van der Waals surface area contributed by atoms with E-state index in [9.17, 15) is 4.79 Å². The Morgan fingerprint density at radius 2 is 1.87 bits per heavy atom. The van der Waals surface area contributed by atoms with E-state index in [0.29, 0.717) is 17.0 Å². The zero-order valence-corrected chi connectivity index (χ0v) is 13.2. The van der Waals surface area contributed by atoms with Crippen LogP contribution in [0.4, 0.5) is 0 Å². The van der Waals surface area contributed by atoms with Gasteiger partial charge in [0.25, 0.3) is 0 Å². The van der Waals surface area contributed by atoms with Crippen LogP contribution in [0.1, 0.15) is 15.9 Å². The summed E-state index contributed by atoms with van der Waals surface area (Å²) in [5.41, 5.74) is 10.1. The molecule has 118 valence electrons. The number of benzene rings is 2. The number of rotatable bonds is 7. The van der Waals surface area contributed by atoms with Gasteiger partial charge in [-0.15, -0.1) is 0 Å². The van der Waals surface area contributed by atoms with Crippen molar-refractivity contribution in [1.29, 1.82) is 0 Å². The number of hydrogen-bond acceptors (Lipinski definition) is 3. The Balaban J connectivity index is 1.96. The largest absolute Gasteiger partial charge is 0.462 e. The van der Waals surface area contributed by atoms with Gasteiger partial charge in [-0.1, -0.05) is 47.0 Å². The van der Waals surface area contributed by atoms with Gasteiger partial charge in [0.15, 0.2) is 0 Å². The van der Waals surface area contributed by atoms with E-state index in [1.807, 2.05) is 18.2 Å². The van der Waals surface area contributed by atoms with Crippen molar-refractivity contribution in [3.05, 3.63) is 81.2 Å². The minimum absolute atomic E-state index is 0.0836. The highest BCUT2D eigenvalue weighted by molar-refractivity contribution is 6.30. The summed E-state index contributed by atoms with van der Waals surface area (Å²) in [6, 6.07) is 16.2. The summed E-state index contributed by atoms with van der Waals surface area (Å²) < 4.78 is 5.33. The van der Waals surface area contributed by atoms with E-state index in [0.717, 1.165) is 5.56 Å². The number of esters is 1. The molecule has 2 rings (SSSR count). The molecule has 0 amide bonds. The Morgan fingerprint density at radius 1 is 1.17 bits per heavy atom. The zero-order valence-electron chi connectivity index (χ0n) is 12.4. The van der Waals surface area contributed by atoms with Crippen LogP contribution in [-0.2, 0) is 11.2 Å². The second kappa shape index (κ2) is 8.83. The number of carbonyl (C=O) groups is 1. The van der Waals surface area contributed by atoms with Gasteiger partial charge in [0.2, 0.25) is 0 Å². The van der Waals surface area contributed by atoms with Gasteiger partial charge in [0.05, 0.1) is 12.2 Å². The molecular formula is C17H16ClN3O2. The minimum atomic E-state index is -0.382. The van der Waals surface area contributed by atoms with Crippen LogP contribution in [0.3, 0.4) is 0 Å². The molecule has 0 saturated heterocycles. The van der Waals surface area contributed by atoms with E-state index in [4.69, 9.17) is 21.9 Å². The average molecular weight is 330 g/mol. The molecule has 0 fully saturated rings. The summed E-state index contributed by atoms with van der Waals surface area (Å²) >= 11 is 5.87. The summed E-state index contributed by atoms with van der Waals surface area (Å²) in [5, 5.41) is 4.26. The highest BCUT2D eigenvalue weighted by Crippen LogP contribution is 2.15. The number of ether oxygens (including phenoxy) is 1. The smallest absolute Gasteiger partial charge is 0.338 e. The van der Waals surface area contributed by atoms with E-state index in [1.54, 1.807) is 36.4 Å². The van der Waals surface area contributed by atoms with Crippen molar-refractivity contribution in [2.45, 2.75) is 6.42 Å². The van der Waals surface area contributed by atoms with Crippen LogP contribution < -0.4 is 0 Å². The molecule has 1 unspecified atom stereocenters. The third-order valence-electron chi connectivity index (χ3n) is 3.30. The molecule has 0 aliphatic rings. The lowest BCUT2D eigenvalue weighted by molar-refractivity contribution is 0.0443. The van der Waals surface area contributed by atoms with Gasteiger partial charge < -0.3 is 4.74 Å². The van der Waals surface area contributed by atoms with Crippen LogP contribution >= 0.6 is 11.6 Å². The lowest BCUT2D eigenvalue weighted by Crippen LogP contribution is -2.19. The first-order valence-corrected chi connectivity index (χ1v) is 7.54. The molecule has 2 aromatic rings. The molecule has 0 aromatic heterocycles. The molecule has 23 heavy (non-hydrogen) atoms. The van der Waals surface area contributed by atoms with Crippen LogP contribution in [-0.4, -0.2) is 19.1 Å². The van der Waals surface area contributed by atoms with Crippen LogP contribution in [0.25, 0.3) is 10.4 Å². The Bertz CT molecular complexity index is 683. The van der Waals surface area contributed by atoms with Crippen molar-refractivity contribution in [3.8, 4) is 0 Å². The van der Waals surface area contributed by atoms with Crippen molar-refractivity contribution in [1.82, 2.24) is 0 Å². The first kappa shape index (κ1) is 16.9. The second-order valence-electron chi connectivity index (χ2n) is 5.07. The van der Waals surface area contributed by atoms with Crippen molar-refractivity contribution >= 4 is 17.6 Å². The topological polar surface area (TPSA) is 75.1 Å². The highest BCUT2D eigenvalue weighted by atomic mass is 35.5. The molecule has 0 saturated carbocycles. The number of nitrogens with zero attached hydrogens (tertiary/aromatic N) is 3. The Morgan fingerprint density at radius 3 is 2.52 bits per heavy atom. The van der Waals surface area contributed by atoms with Gasteiger partial charge >= 0.3 is 5.97 Å². The summed E-state index contributed by atoms with van der Waals surface area (Å²) in [4.78, 5) is 14.8. The molecule has 0 spiro atoms. The van der Waals surface area contributed by atoms with Crippen LogP contribution in [0, 0.1) is 5.92 Å². The van der Waals surface area contributed by atoms with Gasteiger partial charge in [-0.2, -0.15) is 0 Å². The molecule has 2 aromatic carbocycles. The number of carbonyl (C=O) groups excluding carboxylic acids is 1. The normalized spacial score (nSPS) is 11.3. The fourth-order valence-corrected chi connectivity index (χ4v) is 2.26. The summed E-state index contributed by atoms with van der Waals surface area (Å²) in [7, 11) is 0. The van der Waals surface area contributed by atoms with Crippen molar-refractivity contribution < 1.29 is 9.53 Å². The van der Waals surface area contributed by atoms with Crippen LogP contribution in [0.5, 0.6) is 0 Å². The molecule has 0 aliphatic carbocycles. The maximum Gasteiger partial charge on any atom is 0.338 e. The van der Waals surface area contributed by atoms with Gasteiger partial charge in [0, 0.05) is 22.4 Å². The summed E-state index contributed by atoms with van der Waals surface area (Å²) in [5.74, 6) is -0.465. The molecule has 0 heterocycles. The van der Waals surface area contributed by atoms with E-state index in [2.05, 4.69) is 10.0 Å². The van der Waals surface area contributed by atoms with Gasteiger partial charge in [-0.3, -0.25) is 0 Å². The lowest BCUT2D eigenvalue weighted by Gasteiger charge is -2.15. The third-order valence-corrected chi connectivity index (χ3v) is 3.55. The Kier molecular flexibility index (Phi) is 6.48. The summed E-state index contributed by atoms with van der Waals surface area (Å²) in [6.07, 6.45) is 0.637. The molecule has 0 bridgehead atoms. The van der Waals surface area contributed by atoms with E-state index in [1.165, 1.54) is 0 Å². The van der Waals surface area contributed by atoms with Crippen molar-refractivity contribution in [2.75, 3.05) is 13.2 Å². The molecule has 5 nitrogen and oxygen atoms in total. The summed E-state index contributed by atoms with van der Waals surface area (Å²) in [6.45, 7) is 0.455. The van der Waals surface area contributed by atoms with E-state index < -0.39 is 0 Å². The predicted molar refractivity (Wildman–Crippen MR) is 89.4 cm³/mol. The first-order valence-electron chi connectivity index (χ1n) is 7.16. The van der Waals surface area contributed by atoms with E-state index in [-0.39, 0.29) is 25.0 Å². The first-order chi connectivity index (χ1) is 11.2. The predicted octanol–water partition coefficient (Wildman–Crippen LogP) is 4.67. The molecule has 0 N–H and O–H groups in total. The second-order valence-corrected chi connectivity index (χ2v) is 5.51. The minimum Gasteiger partial charge on any atom is -0.462 e. The maximum absolute atomic E-state index is 12.0. The van der Waals surface area contributed by atoms with Gasteiger partial charge in [0.1, 0.15) is 0 Å². The van der Waals surface area contributed by atoms with Crippen molar-refractivity contribution in [2.24, 2.45) is 11.0 Å². The molecule has 0 aliphatic heterocycles. The monoisotopic (exact) mass is 329 g/mol. The zero-order chi connectivity index (χ0) is 16.5. The molecule has 6 heteroatoms. The molecule has 1 atom stereocenters. The molecular weight excluding hydrogens is 314 g/mol. The van der Waals surface area contributed by atoms with Gasteiger partial charge in [-0.05, 0) is 41.8 Å². The number of azide groups is 1. The highest BCUT2D eigenvalue weighted by Gasteiger charge is 2.13. The number of halogens is 1. The molecule has 0 radical (unpaired) electrons. The SMILES string of the molecule is [N-]=[N+]=NCC(COC(=O)c1ccccc1)Cc1ccc(Cl)cc1. The number of hydrogen-bond donors (Lipinski definition) is 0. The fourth-order valence-electron chi connectivity index (χ4n) is 2.13. The van der Waals surface area contributed by atoms with Crippen LogP contribution in [0.2, 0.25) is 5.02 Å². The Hall–Kier alpha value is -2.49. The van der Waals surface area contributed by atoms with Crippen molar-refractivity contribution in [3.63, 3.8) is 0 Å². The standard InChI is InChI=1S/C17H16ClN3O2/c18-16-8-6-13(7-9-16)10-14(11-20-21-19)12-23-17(22)15-4-2-1-3-5-15/h1-9,14H,10-12H2. The van der Waals surface area contributed by atoms with Crippen LogP contribution in [0.15, 0.2) is 59.7 Å². The fraction of sp³-hybridized carbons (Fsp3) is 0.235. The lowest BCUT2D eigenvalue weighted by atomic mass is 10.0. The maximum atomic E-state index is 12.0. The average Bonchev–Trinajstić information content (AvgIpc) is 2.59. The van der Waals surface area contributed by atoms with Gasteiger partial charge in [-0.25, -0.2) is 4.79 Å². The van der Waals surface area contributed by atoms with E-state index >= 15 is 0 Å². The Labute approximate surface area is 139 Å².